The number of Topliss-reactive ketones (excluding diaryl/α,β-unsaturated/α-hetero) is 2. The van der Waals surface area contributed by atoms with Gasteiger partial charge in [0.05, 0.1) is 12.1 Å². The highest BCUT2D eigenvalue weighted by Gasteiger charge is 2.41. The molecule has 0 bridgehead atoms. The molecule has 2 fully saturated rings. The lowest BCUT2D eigenvalue weighted by Gasteiger charge is -2.28. The molecule has 2 heterocycles. The van der Waals surface area contributed by atoms with E-state index < -0.39 is 197 Å². The summed E-state index contributed by atoms with van der Waals surface area (Å²) in [6.45, 7) is 24.1. The SMILES string of the molecule is CCCCCCCCCCCCCC(=O)N[C@H](CCN)C(=O)N[C@H]1CCNC(=O)[C@H](CC(C)C)NC(=O)[C@H](CCN)NC(=O)[C@H](CCN)NC(=O)[C@@H](Cc2ccccc2)CC(=O)[C@H](CC(C)C)NC(=O)[C@H](CCN)NC1=O.CCC[C@@H]1NC(=O)[C@H](CCN)NC(=O)[C@@H](Cc2ccccc2)CC(=O)[C@H](CC(C)C)NC(=O)[C@H](CCN)NC(=O)[C@@H](NC(=O)[C@@H](CCN)NC(=O)/C=C(\C)CCC=C(C)C)CCNC(=O)[C@H](CC(C)C)NC1=O. The summed E-state index contributed by atoms with van der Waals surface area (Å²) in [6, 6.07) is 1.04. The number of nitrogens with two attached hydrogens (primary N) is 7. The second-order valence-electron chi connectivity index (χ2n) is 41.6. The van der Waals surface area contributed by atoms with Crippen molar-refractivity contribution in [2.24, 2.45) is 75.6 Å². The Morgan fingerprint density at radius 2 is 0.653 bits per heavy atom. The van der Waals surface area contributed by atoms with E-state index in [1.807, 2.05) is 88.3 Å². The molecule has 16 amide bonds. The minimum atomic E-state index is -1.41. The molecule has 0 aromatic heterocycles. The van der Waals surface area contributed by atoms with E-state index in [4.69, 9.17) is 40.1 Å². The van der Waals surface area contributed by atoms with Gasteiger partial charge in [-0.1, -0.05) is 218 Å². The molecular weight excluding hydrogens is 1920 g/mol. The number of hydrogen-bond donors (Lipinski definition) is 23. The maximum atomic E-state index is 14.4. The molecule has 2 aromatic rings. The molecular formula is C109H185N23O18. The van der Waals surface area contributed by atoms with Gasteiger partial charge < -0.3 is 125 Å². The topological polar surface area (TPSA) is 682 Å². The molecule has 2 aromatic carbocycles. The largest absolute Gasteiger partial charge is 0.354 e. The first kappa shape index (κ1) is 133. The number of hydrogen-bond acceptors (Lipinski definition) is 25. The summed E-state index contributed by atoms with van der Waals surface area (Å²) in [6.07, 6.45) is 17.5. The van der Waals surface area contributed by atoms with E-state index in [0.717, 1.165) is 54.4 Å². The van der Waals surface area contributed by atoms with Crippen molar-refractivity contribution in [1.82, 2.24) is 85.1 Å². The van der Waals surface area contributed by atoms with Gasteiger partial charge in [0.25, 0.3) is 0 Å². The number of rotatable bonds is 50. The van der Waals surface area contributed by atoms with Gasteiger partial charge in [-0.15, -0.1) is 0 Å². The second-order valence-corrected chi connectivity index (χ2v) is 41.6. The molecule has 30 N–H and O–H groups in total. The number of unbranched alkanes of at least 4 members (excludes halogenated alkanes) is 10. The molecule has 0 radical (unpaired) electrons. The summed E-state index contributed by atoms with van der Waals surface area (Å²) in [7, 11) is 0. The average Bonchev–Trinajstić information content (AvgIpc) is 1.15. The minimum Gasteiger partial charge on any atom is -0.354 e. The summed E-state index contributed by atoms with van der Waals surface area (Å²) in [4.78, 5) is 253. The fourth-order valence-electron chi connectivity index (χ4n) is 17.7. The van der Waals surface area contributed by atoms with Crippen LogP contribution < -0.4 is 125 Å². The third-order valence-electron chi connectivity index (χ3n) is 25.8. The van der Waals surface area contributed by atoms with Gasteiger partial charge in [0, 0.05) is 50.3 Å². The summed E-state index contributed by atoms with van der Waals surface area (Å²) in [5.74, 6) is -14.2. The Balaban J connectivity index is 0.000000771. The van der Waals surface area contributed by atoms with Gasteiger partial charge in [-0.2, -0.15) is 0 Å². The Labute approximate surface area is 889 Å². The standard InChI is InChI=1S/C56H98N12O9.C53H87N11O9/c1-6-7-8-9-10-11-12-13-14-15-19-22-49(70)62-41(23-28-57)52(73)66-45-27-32-61-51(72)47(34-38(4)5)68-55(76)44(26-31-60)64-53(74)42(24-29-58)63-50(71)40(35-39-20-17-16-18-21-39)36-48(69)46(33-37(2)3)67-54(75)43(25-30-59)65-56(45)77;1-9-14-38-49(69)64-44(28-34(6)7)48(68)57-26-22-42(62-50(70)39(19-23-54)58-46(66)29-35(8)16-13-15-32(2)3)53(73)61-41(21-25-56)52(72)63-43(27-33(4)5)45(65)31-37(30-36-17-11-10-12-18-36)47(67)59-40(20-24-55)51(71)60-38/h16-18,20-21,37-38,40-47H,6-15,19,22-36,57-60H2,1-5H3,(H,61,72)(H,62,70)(H,63,71)(H,64,74)(H,65,77)(H,66,73)(H,67,75)(H,68,76);10-12,15,17-18,29,33-34,37-44H,9,13-14,16,19-28,30-31,54-56H2,1-8H3,(H,57,68)(H,58,66)(H,59,67)(H,60,71)(H,61,73)(H,62,70)(H,63,72)(H,64,69)/b;35-29+/t40-,41+,42-,43-,44-,45-,46-,47-;37-,38-,39+,40-,41-,42-,43-,44-/m00/s1. The van der Waals surface area contributed by atoms with Gasteiger partial charge in [0.1, 0.15) is 72.5 Å². The summed E-state index contributed by atoms with van der Waals surface area (Å²) >= 11 is 0. The highest BCUT2D eigenvalue weighted by molar-refractivity contribution is 6.02. The van der Waals surface area contributed by atoms with Crippen LogP contribution in [0.1, 0.15) is 300 Å². The summed E-state index contributed by atoms with van der Waals surface area (Å²) in [5.41, 5.74) is 44.9. The number of benzene rings is 2. The van der Waals surface area contributed by atoms with Crippen LogP contribution in [-0.4, -0.2) is 250 Å². The van der Waals surface area contributed by atoms with E-state index in [-0.39, 0.29) is 210 Å². The van der Waals surface area contributed by atoms with Crippen LogP contribution in [0.15, 0.2) is 84.0 Å². The first-order valence-corrected chi connectivity index (χ1v) is 54.6. The molecule has 4 rings (SSSR count). The Hall–Kier alpha value is -11.5. The van der Waals surface area contributed by atoms with Crippen LogP contribution in [-0.2, 0) is 99.1 Å². The van der Waals surface area contributed by atoms with Crippen molar-refractivity contribution in [3.63, 3.8) is 0 Å². The van der Waals surface area contributed by atoms with Crippen LogP contribution in [0.2, 0.25) is 0 Å². The van der Waals surface area contributed by atoms with Gasteiger partial charge >= 0.3 is 0 Å². The lowest BCUT2D eigenvalue weighted by molar-refractivity contribution is -0.136. The lowest BCUT2D eigenvalue weighted by atomic mass is 9.88. The van der Waals surface area contributed by atoms with E-state index in [1.54, 1.807) is 55.5 Å². The molecule has 2 saturated heterocycles. The molecule has 41 heteroatoms. The molecule has 16 atom stereocenters. The predicted octanol–water partition coefficient (Wildman–Crippen LogP) is 3.26. The van der Waals surface area contributed by atoms with Crippen molar-refractivity contribution >= 4 is 106 Å². The van der Waals surface area contributed by atoms with Gasteiger partial charge in [-0.3, -0.25) is 86.3 Å². The zero-order valence-corrected chi connectivity index (χ0v) is 91.6. The van der Waals surface area contributed by atoms with Crippen molar-refractivity contribution in [2.45, 2.75) is 386 Å². The Bertz CT molecular complexity index is 4560. The number of carbonyl (C=O) groups excluding carboxylic acids is 18. The summed E-state index contributed by atoms with van der Waals surface area (Å²) < 4.78 is 0. The number of allylic oxidation sites excluding steroid dienone is 3. The van der Waals surface area contributed by atoms with Crippen LogP contribution in [0.3, 0.4) is 0 Å². The molecule has 0 saturated carbocycles. The first-order valence-electron chi connectivity index (χ1n) is 54.6. The average molecular weight is 2110 g/mol. The predicted molar refractivity (Wildman–Crippen MR) is 581 cm³/mol. The molecule has 2 aliphatic heterocycles. The molecule has 844 valence electrons. The molecule has 2 aliphatic rings. The third-order valence-corrected chi connectivity index (χ3v) is 25.8. The van der Waals surface area contributed by atoms with Crippen LogP contribution in [0.25, 0.3) is 0 Å². The van der Waals surface area contributed by atoms with E-state index in [0.29, 0.717) is 19.3 Å². The smallest absolute Gasteiger partial charge is 0.244 e. The third kappa shape index (κ3) is 54.0. The second kappa shape index (κ2) is 75.3. The van der Waals surface area contributed by atoms with Crippen LogP contribution >= 0.6 is 0 Å². The zero-order valence-electron chi connectivity index (χ0n) is 91.6. The van der Waals surface area contributed by atoms with E-state index in [9.17, 15) is 86.3 Å². The van der Waals surface area contributed by atoms with Gasteiger partial charge in [0.2, 0.25) is 94.5 Å². The number of carbonyl (C=O) groups is 18. The van der Waals surface area contributed by atoms with Crippen molar-refractivity contribution in [2.75, 3.05) is 58.9 Å². The van der Waals surface area contributed by atoms with Gasteiger partial charge in [-0.05, 0) is 223 Å². The molecule has 0 aliphatic carbocycles. The van der Waals surface area contributed by atoms with E-state index in [2.05, 4.69) is 98.1 Å². The van der Waals surface area contributed by atoms with Crippen molar-refractivity contribution in [3.8, 4) is 0 Å². The van der Waals surface area contributed by atoms with Gasteiger partial charge in [0.15, 0.2) is 11.6 Å². The van der Waals surface area contributed by atoms with Crippen LogP contribution in [0.4, 0.5) is 0 Å². The van der Waals surface area contributed by atoms with Crippen molar-refractivity contribution in [1.29, 1.82) is 0 Å². The van der Waals surface area contributed by atoms with E-state index >= 15 is 0 Å². The number of nitrogens with one attached hydrogen (secondary N) is 16. The molecule has 150 heavy (non-hydrogen) atoms. The Morgan fingerprint density at radius 1 is 0.347 bits per heavy atom. The zero-order chi connectivity index (χ0) is 112. The highest BCUT2D eigenvalue weighted by atomic mass is 16.2. The quantitative estimate of drug-likeness (QED) is 0.0257. The van der Waals surface area contributed by atoms with Crippen LogP contribution in [0, 0.1) is 35.5 Å². The molecule has 0 unspecified atom stereocenters. The maximum Gasteiger partial charge on any atom is 0.244 e. The van der Waals surface area contributed by atoms with Crippen molar-refractivity contribution < 1.29 is 86.3 Å². The van der Waals surface area contributed by atoms with Crippen molar-refractivity contribution in [3.05, 3.63) is 95.1 Å². The lowest BCUT2D eigenvalue weighted by Crippen LogP contribution is -2.59. The highest BCUT2D eigenvalue weighted by Crippen LogP contribution is 2.24. The Kier molecular flexibility index (Phi) is 66.6. The van der Waals surface area contributed by atoms with Crippen LogP contribution in [0.5, 0.6) is 0 Å². The van der Waals surface area contributed by atoms with Gasteiger partial charge in [-0.25, -0.2) is 0 Å². The fourth-order valence-corrected chi connectivity index (χ4v) is 17.7. The normalized spacial score (nSPS) is 22.6. The summed E-state index contributed by atoms with van der Waals surface area (Å²) in [5, 5.41) is 43.9. The maximum absolute atomic E-state index is 14.4. The minimum absolute atomic E-state index is 0.000643. The molecule has 41 nitrogen and oxygen atoms in total. The number of amides is 16. The Morgan fingerprint density at radius 3 is 0.980 bits per heavy atom. The van der Waals surface area contributed by atoms with E-state index in [1.165, 1.54) is 44.6 Å². The number of ketones is 2. The fraction of sp³-hybridized carbons (Fsp3) is 0.688. The molecule has 0 spiro atoms. The monoisotopic (exact) mass is 2100 g/mol. The first-order chi connectivity index (χ1) is 71.5.